The molecule has 86 valence electrons. The minimum Gasteiger partial charge on any atom is -0.207 e. The molecule has 0 bridgehead atoms. The molecule has 0 aromatic carbocycles. The van der Waals surface area contributed by atoms with E-state index in [0.717, 1.165) is 0 Å². The molecule has 16 heavy (non-hydrogen) atoms. The summed E-state index contributed by atoms with van der Waals surface area (Å²) in [5.74, 6) is -0.375. The highest BCUT2D eigenvalue weighted by Gasteiger charge is 2.30. The first kappa shape index (κ1) is 13.0. The van der Waals surface area contributed by atoms with Crippen LogP contribution in [0.4, 0.5) is 4.39 Å². The smallest absolute Gasteiger partial charge is 0.125 e. The Kier molecular flexibility index (Phi) is 3.93. The first-order chi connectivity index (χ1) is 7.38. The summed E-state index contributed by atoms with van der Waals surface area (Å²) >= 11 is 5.81. The van der Waals surface area contributed by atoms with Crippen LogP contribution in [-0.2, 0) is 0 Å². The molecule has 0 N–H and O–H groups in total. The predicted molar refractivity (Wildman–Crippen MR) is 64.4 cm³/mol. The predicted octanol–water partition coefficient (Wildman–Crippen LogP) is 4.48. The van der Waals surface area contributed by atoms with Gasteiger partial charge >= 0.3 is 0 Å². The lowest BCUT2D eigenvalue weighted by molar-refractivity contribution is 0.464. The molecule has 0 saturated carbocycles. The molecule has 0 radical (unpaired) electrons. The van der Waals surface area contributed by atoms with Crippen molar-refractivity contribution in [1.82, 2.24) is 0 Å². The molecule has 3 heteroatoms. The van der Waals surface area contributed by atoms with Gasteiger partial charge in [0.2, 0.25) is 0 Å². The van der Waals surface area contributed by atoms with Crippen molar-refractivity contribution in [1.29, 1.82) is 5.26 Å². The SMILES string of the molecule is CC1C/C=C/C(Cl)=C\C(F)=C1C(C)(C)C#N. The van der Waals surface area contributed by atoms with Gasteiger partial charge in [0.25, 0.3) is 0 Å². The topological polar surface area (TPSA) is 23.8 Å². The first-order valence-electron chi connectivity index (χ1n) is 5.23. The van der Waals surface area contributed by atoms with Gasteiger partial charge in [-0.05, 0) is 43.9 Å². The van der Waals surface area contributed by atoms with Crippen LogP contribution in [0.15, 0.2) is 34.7 Å². The minimum absolute atomic E-state index is 0.00640. The Morgan fingerprint density at radius 3 is 2.75 bits per heavy atom. The fourth-order valence-electron chi connectivity index (χ4n) is 1.96. The average molecular weight is 240 g/mol. The Morgan fingerprint density at radius 1 is 1.56 bits per heavy atom. The summed E-state index contributed by atoms with van der Waals surface area (Å²) in [7, 11) is 0. The molecular formula is C13H15ClFN. The van der Waals surface area contributed by atoms with Crippen molar-refractivity contribution in [2.75, 3.05) is 0 Å². The summed E-state index contributed by atoms with van der Waals surface area (Å²) < 4.78 is 14.0. The molecule has 1 atom stereocenters. The van der Waals surface area contributed by atoms with Crippen molar-refractivity contribution < 1.29 is 4.39 Å². The highest BCUT2D eigenvalue weighted by Crippen LogP contribution is 2.38. The van der Waals surface area contributed by atoms with Crippen LogP contribution in [0, 0.1) is 22.7 Å². The summed E-state index contributed by atoms with van der Waals surface area (Å²) in [5.41, 5.74) is -0.278. The van der Waals surface area contributed by atoms with Gasteiger partial charge < -0.3 is 0 Å². The number of hydrogen-bond donors (Lipinski definition) is 0. The molecule has 0 spiro atoms. The molecule has 1 aliphatic rings. The number of halogens is 2. The summed E-state index contributed by atoms with van der Waals surface area (Å²) in [6, 6.07) is 2.14. The fourth-order valence-corrected chi connectivity index (χ4v) is 2.14. The van der Waals surface area contributed by atoms with Crippen LogP contribution in [0.25, 0.3) is 0 Å². The summed E-state index contributed by atoms with van der Waals surface area (Å²) in [5, 5.41) is 9.44. The van der Waals surface area contributed by atoms with E-state index in [1.54, 1.807) is 19.9 Å². The van der Waals surface area contributed by atoms with Crippen molar-refractivity contribution in [2.24, 2.45) is 11.3 Å². The third kappa shape index (κ3) is 2.74. The molecule has 0 aliphatic heterocycles. The zero-order valence-electron chi connectivity index (χ0n) is 9.72. The minimum atomic E-state index is -0.803. The zero-order valence-corrected chi connectivity index (χ0v) is 10.5. The van der Waals surface area contributed by atoms with Gasteiger partial charge in [-0.15, -0.1) is 0 Å². The Hall–Kier alpha value is -1.07. The van der Waals surface area contributed by atoms with E-state index in [1.807, 2.05) is 13.0 Å². The van der Waals surface area contributed by atoms with Crippen LogP contribution in [0.3, 0.4) is 0 Å². The molecule has 0 amide bonds. The van der Waals surface area contributed by atoms with Crippen molar-refractivity contribution in [2.45, 2.75) is 27.2 Å². The Balaban J connectivity index is 3.32. The highest BCUT2D eigenvalue weighted by molar-refractivity contribution is 6.31. The monoisotopic (exact) mass is 239 g/mol. The van der Waals surface area contributed by atoms with Crippen molar-refractivity contribution >= 4 is 11.6 Å². The second-order valence-electron chi connectivity index (χ2n) is 4.57. The molecule has 1 aliphatic carbocycles. The van der Waals surface area contributed by atoms with Crippen molar-refractivity contribution in [3.05, 3.63) is 34.7 Å². The third-order valence-electron chi connectivity index (χ3n) is 2.73. The largest absolute Gasteiger partial charge is 0.207 e. The van der Waals surface area contributed by atoms with E-state index in [0.29, 0.717) is 17.0 Å². The van der Waals surface area contributed by atoms with E-state index < -0.39 is 5.41 Å². The molecule has 1 unspecified atom stereocenters. The van der Waals surface area contributed by atoms with Gasteiger partial charge in [0.15, 0.2) is 0 Å². The van der Waals surface area contributed by atoms with Gasteiger partial charge in [-0.3, -0.25) is 0 Å². The van der Waals surface area contributed by atoms with Crippen LogP contribution >= 0.6 is 11.6 Å². The van der Waals surface area contributed by atoms with Gasteiger partial charge in [-0.1, -0.05) is 24.6 Å². The van der Waals surface area contributed by atoms with Crippen LogP contribution < -0.4 is 0 Å². The summed E-state index contributed by atoms with van der Waals surface area (Å²) in [6.45, 7) is 5.38. The quantitative estimate of drug-likeness (QED) is 0.662. The van der Waals surface area contributed by atoms with Crippen molar-refractivity contribution in [3.8, 4) is 6.07 Å². The third-order valence-corrected chi connectivity index (χ3v) is 2.97. The Bertz CT molecular complexity index is 410. The van der Waals surface area contributed by atoms with Crippen LogP contribution in [0.5, 0.6) is 0 Å². The van der Waals surface area contributed by atoms with E-state index >= 15 is 0 Å². The van der Waals surface area contributed by atoms with Crippen LogP contribution in [-0.4, -0.2) is 0 Å². The second kappa shape index (κ2) is 4.84. The lowest BCUT2D eigenvalue weighted by atomic mass is 9.76. The first-order valence-corrected chi connectivity index (χ1v) is 5.61. The summed E-state index contributed by atoms with van der Waals surface area (Å²) in [4.78, 5) is 0. The zero-order chi connectivity index (χ0) is 12.3. The lowest BCUT2D eigenvalue weighted by Crippen LogP contribution is -2.19. The standard InChI is InChI=1S/C13H15ClFN/c1-9-5-4-6-10(14)7-11(15)12(9)13(2,3)8-16/h4,6-7,9H,5H2,1-3H3/b6-4+,10-7+,12-11?. The molecule has 1 nitrogen and oxygen atoms in total. The van der Waals surface area contributed by atoms with Gasteiger partial charge in [0.1, 0.15) is 5.83 Å². The van der Waals surface area contributed by atoms with E-state index in [4.69, 9.17) is 16.9 Å². The van der Waals surface area contributed by atoms with Crippen LogP contribution in [0.1, 0.15) is 27.2 Å². The van der Waals surface area contributed by atoms with E-state index in [2.05, 4.69) is 6.07 Å². The van der Waals surface area contributed by atoms with E-state index in [1.165, 1.54) is 6.08 Å². The maximum atomic E-state index is 14.0. The molecule has 0 fully saturated rings. The van der Waals surface area contributed by atoms with Crippen LogP contribution in [0.2, 0.25) is 0 Å². The maximum Gasteiger partial charge on any atom is 0.125 e. The van der Waals surface area contributed by atoms with Crippen molar-refractivity contribution in [3.63, 3.8) is 0 Å². The van der Waals surface area contributed by atoms with Gasteiger partial charge in [-0.2, -0.15) is 5.26 Å². The molecule has 0 aromatic rings. The summed E-state index contributed by atoms with van der Waals surface area (Å²) in [6.07, 6.45) is 5.57. The highest BCUT2D eigenvalue weighted by atomic mass is 35.5. The average Bonchev–Trinajstić information content (AvgIpc) is 2.15. The second-order valence-corrected chi connectivity index (χ2v) is 5.00. The van der Waals surface area contributed by atoms with Gasteiger partial charge in [-0.25, -0.2) is 4.39 Å². The molecule has 0 saturated heterocycles. The maximum absolute atomic E-state index is 14.0. The molecular weight excluding hydrogens is 225 g/mol. The molecule has 0 heterocycles. The van der Waals surface area contributed by atoms with Gasteiger partial charge in [0.05, 0.1) is 11.5 Å². The molecule has 0 aromatic heterocycles. The Morgan fingerprint density at radius 2 is 2.19 bits per heavy atom. The normalized spacial score (nSPS) is 27.5. The number of nitrogens with zero attached hydrogens (tertiary/aromatic N) is 1. The Labute approximate surface area is 101 Å². The number of rotatable bonds is 1. The number of hydrogen-bond acceptors (Lipinski definition) is 1. The van der Waals surface area contributed by atoms with E-state index in [9.17, 15) is 4.39 Å². The molecule has 1 rings (SSSR count). The number of allylic oxidation sites excluding steroid dienone is 6. The number of nitriles is 1. The van der Waals surface area contributed by atoms with E-state index in [-0.39, 0.29) is 11.7 Å². The van der Waals surface area contributed by atoms with Gasteiger partial charge in [0, 0.05) is 5.03 Å². The lowest BCUT2D eigenvalue weighted by Gasteiger charge is -2.26. The fraction of sp³-hybridized carbons (Fsp3) is 0.462.